The van der Waals surface area contributed by atoms with Gasteiger partial charge in [0.2, 0.25) is 0 Å². The zero-order chi connectivity index (χ0) is 22.9. The van der Waals surface area contributed by atoms with Crippen LogP contribution in [0.3, 0.4) is 0 Å². The predicted octanol–water partition coefficient (Wildman–Crippen LogP) is 5.78. The molecule has 6 nitrogen and oxygen atoms in total. The van der Waals surface area contributed by atoms with Gasteiger partial charge < -0.3 is 15.5 Å². The lowest BCUT2D eigenvalue weighted by Gasteiger charge is -2.15. The minimum absolute atomic E-state index is 0.137. The molecule has 0 radical (unpaired) electrons. The van der Waals surface area contributed by atoms with E-state index in [1.165, 1.54) is 10.9 Å². The molecular weight excluding hydrogens is 442 g/mol. The lowest BCUT2D eigenvalue weighted by molar-refractivity contribution is 0.288. The van der Waals surface area contributed by atoms with Crippen LogP contribution in [0.25, 0.3) is 43.5 Å². The van der Waals surface area contributed by atoms with Crippen molar-refractivity contribution in [1.29, 1.82) is 0 Å². The molecular formula is C27H23N5OS. The highest BCUT2D eigenvalue weighted by Crippen LogP contribution is 2.35. The number of hydrogen-bond acceptors (Lipinski definition) is 5. The third-order valence-electron chi connectivity index (χ3n) is 6.02. The topological polar surface area (TPSA) is 92.6 Å². The maximum atomic E-state index is 6.46. The van der Waals surface area contributed by atoms with E-state index in [9.17, 15) is 0 Å². The fraction of sp³-hybridized carbons (Fsp3) is 0.111. The number of pyridine rings is 1. The molecule has 0 aliphatic heterocycles. The first kappa shape index (κ1) is 20.7. The van der Waals surface area contributed by atoms with Gasteiger partial charge in [-0.3, -0.25) is 10.1 Å². The van der Waals surface area contributed by atoms with Crippen LogP contribution in [0.4, 0.5) is 0 Å². The molecule has 0 saturated heterocycles. The van der Waals surface area contributed by atoms with Crippen molar-refractivity contribution in [3.8, 4) is 27.4 Å². The van der Waals surface area contributed by atoms with Gasteiger partial charge in [-0.1, -0.05) is 30.3 Å². The normalized spacial score (nSPS) is 12.4. The lowest BCUT2D eigenvalue weighted by Crippen LogP contribution is -2.30. The Bertz CT molecular complexity index is 1570. The Morgan fingerprint density at radius 3 is 2.85 bits per heavy atom. The Morgan fingerprint density at radius 1 is 1.00 bits per heavy atom. The SMILES string of the molecule is N[C@H](COc1ccncc1-c1ccc2[nH]nc(-c3cccs3)c2c1)Cc1c[nH]c2ccccc12. The summed E-state index contributed by atoms with van der Waals surface area (Å²) in [6.07, 6.45) is 6.35. The molecule has 0 fully saturated rings. The van der Waals surface area contributed by atoms with Gasteiger partial charge in [0, 0.05) is 46.5 Å². The molecule has 4 heterocycles. The highest BCUT2D eigenvalue weighted by molar-refractivity contribution is 7.13. The standard InChI is InChI=1S/C27H23N5OS/c28-19(12-18-14-30-23-5-2-1-4-20(18)23)16-33-25-9-10-29-15-22(25)17-7-8-24-21(13-17)27(32-31-24)26-6-3-11-34-26/h1-11,13-15,19,30H,12,16,28H2,(H,31,32)/t19-/m0/s1. The quantitative estimate of drug-likeness (QED) is 0.278. The van der Waals surface area contributed by atoms with Crippen LogP contribution in [0.1, 0.15) is 5.56 Å². The molecule has 2 aromatic carbocycles. The summed E-state index contributed by atoms with van der Waals surface area (Å²) in [7, 11) is 0. The van der Waals surface area contributed by atoms with E-state index < -0.39 is 0 Å². The molecule has 4 aromatic heterocycles. The Hall–Kier alpha value is -3.94. The van der Waals surface area contributed by atoms with Crippen LogP contribution in [-0.2, 0) is 6.42 Å². The third-order valence-corrected chi connectivity index (χ3v) is 6.90. The number of nitrogens with two attached hydrogens (primary N) is 1. The van der Waals surface area contributed by atoms with E-state index in [1.807, 2.05) is 42.7 Å². The first-order valence-corrected chi connectivity index (χ1v) is 12.0. The van der Waals surface area contributed by atoms with Crippen LogP contribution < -0.4 is 10.5 Å². The summed E-state index contributed by atoms with van der Waals surface area (Å²) >= 11 is 1.68. The number of rotatable bonds is 7. The number of H-pyrrole nitrogens is 2. The van der Waals surface area contributed by atoms with Crippen molar-refractivity contribution in [2.75, 3.05) is 6.61 Å². The fourth-order valence-electron chi connectivity index (χ4n) is 4.35. The van der Waals surface area contributed by atoms with Crippen molar-refractivity contribution in [1.82, 2.24) is 20.2 Å². The summed E-state index contributed by atoms with van der Waals surface area (Å²) in [6.45, 7) is 0.408. The largest absolute Gasteiger partial charge is 0.491 e. The van der Waals surface area contributed by atoms with E-state index in [1.54, 1.807) is 17.5 Å². The number of thiophene rings is 1. The molecule has 0 amide bonds. The lowest BCUT2D eigenvalue weighted by atomic mass is 10.0. The monoisotopic (exact) mass is 465 g/mol. The minimum atomic E-state index is -0.137. The van der Waals surface area contributed by atoms with Gasteiger partial charge >= 0.3 is 0 Å². The van der Waals surface area contributed by atoms with Crippen molar-refractivity contribution < 1.29 is 4.74 Å². The van der Waals surface area contributed by atoms with Gasteiger partial charge in [0.15, 0.2) is 0 Å². The van der Waals surface area contributed by atoms with Crippen molar-refractivity contribution in [2.24, 2.45) is 5.73 Å². The van der Waals surface area contributed by atoms with Crippen molar-refractivity contribution >= 4 is 33.1 Å². The Balaban J connectivity index is 1.24. The number of nitrogens with one attached hydrogen (secondary N) is 2. The molecule has 6 rings (SSSR count). The molecule has 0 unspecified atom stereocenters. The predicted molar refractivity (Wildman–Crippen MR) is 138 cm³/mol. The van der Waals surface area contributed by atoms with Gasteiger partial charge in [-0.05, 0) is 53.3 Å². The van der Waals surface area contributed by atoms with Gasteiger partial charge in [-0.2, -0.15) is 5.10 Å². The van der Waals surface area contributed by atoms with E-state index in [2.05, 4.69) is 55.9 Å². The molecule has 34 heavy (non-hydrogen) atoms. The summed E-state index contributed by atoms with van der Waals surface area (Å²) in [4.78, 5) is 8.79. The summed E-state index contributed by atoms with van der Waals surface area (Å²) in [6, 6.07) is 20.4. The summed E-state index contributed by atoms with van der Waals surface area (Å²) < 4.78 is 6.21. The Morgan fingerprint density at radius 2 is 1.94 bits per heavy atom. The second-order valence-corrected chi connectivity index (χ2v) is 9.26. The second kappa shape index (κ2) is 8.78. The highest BCUT2D eigenvalue weighted by Gasteiger charge is 2.14. The van der Waals surface area contributed by atoms with E-state index in [4.69, 9.17) is 10.5 Å². The van der Waals surface area contributed by atoms with Crippen molar-refractivity contribution in [3.05, 3.63) is 90.2 Å². The molecule has 4 N–H and O–H groups in total. The first-order chi connectivity index (χ1) is 16.8. The first-order valence-electron chi connectivity index (χ1n) is 11.2. The maximum Gasteiger partial charge on any atom is 0.130 e. The van der Waals surface area contributed by atoms with Gasteiger partial charge in [0.1, 0.15) is 18.1 Å². The molecule has 6 aromatic rings. The van der Waals surface area contributed by atoms with Crippen molar-refractivity contribution in [3.63, 3.8) is 0 Å². The van der Waals surface area contributed by atoms with Crippen LogP contribution in [0.5, 0.6) is 5.75 Å². The van der Waals surface area contributed by atoms with Crippen LogP contribution >= 0.6 is 11.3 Å². The minimum Gasteiger partial charge on any atom is -0.491 e. The number of ether oxygens (including phenoxy) is 1. The van der Waals surface area contributed by atoms with Crippen molar-refractivity contribution in [2.45, 2.75) is 12.5 Å². The van der Waals surface area contributed by atoms with E-state index in [0.29, 0.717) is 6.61 Å². The maximum absolute atomic E-state index is 6.46. The smallest absolute Gasteiger partial charge is 0.130 e. The average molecular weight is 466 g/mol. The molecule has 0 aliphatic carbocycles. The number of aromatic amines is 2. The van der Waals surface area contributed by atoms with Gasteiger partial charge in [0.25, 0.3) is 0 Å². The summed E-state index contributed by atoms with van der Waals surface area (Å²) in [5, 5.41) is 12.0. The fourth-order valence-corrected chi connectivity index (χ4v) is 5.07. The van der Waals surface area contributed by atoms with Gasteiger partial charge in [-0.15, -0.1) is 11.3 Å². The highest BCUT2D eigenvalue weighted by atomic mass is 32.1. The van der Waals surface area contributed by atoms with E-state index >= 15 is 0 Å². The van der Waals surface area contributed by atoms with Crippen LogP contribution in [0, 0.1) is 0 Å². The number of para-hydroxylation sites is 1. The molecule has 0 bridgehead atoms. The third kappa shape index (κ3) is 3.85. The van der Waals surface area contributed by atoms with Crippen LogP contribution in [-0.4, -0.2) is 32.8 Å². The zero-order valence-corrected chi connectivity index (χ0v) is 19.2. The molecule has 1 atom stereocenters. The number of hydrogen-bond donors (Lipinski definition) is 3. The number of nitrogens with zero attached hydrogens (tertiary/aromatic N) is 2. The molecule has 0 spiro atoms. The zero-order valence-electron chi connectivity index (χ0n) is 18.4. The Labute approximate surface area is 200 Å². The number of aromatic nitrogens is 4. The molecule has 7 heteroatoms. The molecule has 168 valence electrons. The number of benzene rings is 2. The van der Waals surface area contributed by atoms with Crippen LogP contribution in [0.15, 0.2) is 84.6 Å². The summed E-state index contributed by atoms with van der Waals surface area (Å²) in [5.41, 5.74) is 12.7. The molecule has 0 aliphatic rings. The van der Waals surface area contributed by atoms with Gasteiger partial charge in [-0.25, -0.2) is 0 Å². The summed E-state index contributed by atoms with van der Waals surface area (Å²) in [5.74, 6) is 0.768. The molecule has 0 saturated carbocycles. The average Bonchev–Trinajstić information content (AvgIpc) is 3.63. The van der Waals surface area contributed by atoms with Gasteiger partial charge in [0.05, 0.1) is 10.4 Å². The number of fused-ring (bicyclic) bond motifs is 2. The Kier molecular flexibility index (Phi) is 5.33. The second-order valence-electron chi connectivity index (χ2n) is 8.32. The van der Waals surface area contributed by atoms with E-state index in [0.717, 1.165) is 50.3 Å². The van der Waals surface area contributed by atoms with Crippen LogP contribution in [0.2, 0.25) is 0 Å². The van der Waals surface area contributed by atoms with E-state index in [-0.39, 0.29) is 6.04 Å².